The van der Waals surface area contributed by atoms with Gasteiger partial charge in [0.15, 0.2) is 0 Å². The highest BCUT2D eigenvalue weighted by molar-refractivity contribution is 9.10. The number of aromatic nitrogens is 1. The van der Waals surface area contributed by atoms with Gasteiger partial charge >= 0.3 is 0 Å². The van der Waals surface area contributed by atoms with Crippen molar-refractivity contribution in [3.05, 3.63) is 63.9 Å². The summed E-state index contributed by atoms with van der Waals surface area (Å²) in [5, 5.41) is 2.88. The number of hydrogen-bond donors (Lipinski definition) is 1. The number of nitrogens with one attached hydrogen (secondary N) is 1. The summed E-state index contributed by atoms with van der Waals surface area (Å²) in [5.74, 6) is -0.877. The van der Waals surface area contributed by atoms with Crippen LogP contribution in [-0.4, -0.2) is 12.0 Å². The molecule has 2 nitrogen and oxygen atoms in total. The first-order valence-corrected chi connectivity index (χ1v) is 6.16. The molecule has 1 atom stereocenters. The molecule has 0 fully saturated rings. The van der Waals surface area contributed by atoms with Gasteiger partial charge in [0.05, 0.1) is 16.2 Å². The summed E-state index contributed by atoms with van der Waals surface area (Å²) in [6.07, 6.45) is 1.48. The maximum Gasteiger partial charge on any atom is 0.146 e. The van der Waals surface area contributed by atoms with Crippen LogP contribution in [0.3, 0.4) is 0 Å². The monoisotopic (exact) mass is 312 g/mol. The van der Waals surface area contributed by atoms with E-state index in [9.17, 15) is 8.78 Å². The van der Waals surface area contributed by atoms with Crippen LogP contribution in [0.15, 0.2) is 41.0 Å². The van der Waals surface area contributed by atoms with Crippen molar-refractivity contribution in [3.8, 4) is 0 Å². The van der Waals surface area contributed by atoms with Crippen molar-refractivity contribution in [1.29, 1.82) is 0 Å². The molecular weight excluding hydrogens is 302 g/mol. The zero-order valence-electron chi connectivity index (χ0n) is 9.62. The lowest BCUT2D eigenvalue weighted by atomic mass is 10.0. The predicted molar refractivity (Wildman–Crippen MR) is 69.2 cm³/mol. The Balaban J connectivity index is 2.53. The lowest BCUT2D eigenvalue weighted by Crippen LogP contribution is -2.21. The molecule has 0 aliphatic carbocycles. The van der Waals surface area contributed by atoms with Gasteiger partial charge in [-0.2, -0.15) is 0 Å². The summed E-state index contributed by atoms with van der Waals surface area (Å²) in [5.41, 5.74) is 0.529. The van der Waals surface area contributed by atoms with Crippen molar-refractivity contribution in [2.45, 2.75) is 6.04 Å². The minimum absolute atomic E-state index is 0.178. The number of rotatable bonds is 3. The highest BCUT2D eigenvalue weighted by atomic mass is 79.9. The van der Waals surface area contributed by atoms with E-state index in [-0.39, 0.29) is 5.69 Å². The average Bonchev–Trinajstić information content (AvgIpc) is 2.37. The van der Waals surface area contributed by atoms with Crippen LogP contribution >= 0.6 is 15.9 Å². The fraction of sp³-hybridized carbons (Fsp3) is 0.154. The first-order chi connectivity index (χ1) is 8.65. The minimum Gasteiger partial charge on any atom is -0.308 e. The first-order valence-electron chi connectivity index (χ1n) is 5.36. The van der Waals surface area contributed by atoms with Crippen molar-refractivity contribution in [1.82, 2.24) is 10.3 Å². The van der Waals surface area contributed by atoms with Crippen LogP contribution < -0.4 is 5.32 Å². The van der Waals surface area contributed by atoms with Gasteiger partial charge in [0.1, 0.15) is 11.6 Å². The van der Waals surface area contributed by atoms with Gasteiger partial charge in [-0.1, -0.05) is 12.1 Å². The van der Waals surface area contributed by atoms with Gasteiger partial charge in [0.25, 0.3) is 0 Å². The summed E-state index contributed by atoms with van der Waals surface area (Å²) in [4.78, 5) is 3.98. The zero-order chi connectivity index (χ0) is 13.1. The molecule has 18 heavy (non-hydrogen) atoms. The zero-order valence-corrected chi connectivity index (χ0v) is 11.2. The largest absolute Gasteiger partial charge is 0.308 e. The minimum atomic E-state index is -0.622. The fourth-order valence-corrected chi connectivity index (χ4v) is 2.17. The number of hydrogen-bond acceptors (Lipinski definition) is 2. The van der Waals surface area contributed by atoms with Gasteiger partial charge in [-0.05, 0) is 41.2 Å². The average molecular weight is 313 g/mol. The van der Waals surface area contributed by atoms with Crippen molar-refractivity contribution in [2.24, 2.45) is 0 Å². The lowest BCUT2D eigenvalue weighted by Gasteiger charge is -2.17. The Bertz CT molecular complexity index is 560. The maximum absolute atomic E-state index is 14.0. The molecule has 0 amide bonds. The standard InChI is InChI=1S/C13H11BrF2N2/c1-17-12(13-10(15)6-3-7-18-13)8-4-2-5-9(14)11(8)16/h2-7,12,17H,1H3. The number of pyridine rings is 1. The van der Waals surface area contributed by atoms with E-state index in [1.165, 1.54) is 18.3 Å². The predicted octanol–water partition coefficient (Wildman–Crippen LogP) is 3.43. The highest BCUT2D eigenvalue weighted by Crippen LogP contribution is 2.28. The Kier molecular flexibility index (Phi) is 4.04. The fourth-order valence-electron chi connectivity index (χ4n) is 1.79. The van der Waals surface area contributed by atoms with Crippen LogP contribution in [0.4, 0.5) is 8.78 Å². The van der Waals surface area contributed by atoms with E-state index in [1.54, 1.807) is 25.2 Å². The van der Waals surface area contributed by atoms with E-state index < -0.39 is 17.7 Å². The summed E-state index contributed by atoms with van der Waals surface area (Å²) < 4.78 is 28.1. The van der Waals surface area contributed by atoms with Crippen molar-refractivity contribution < 1.29 is 8.78 Å². The Morgan fingerprint density at radius 2 is 2.00 bits per heavy atom. The third kappa shape index (κ3) is 2.42. The van der Waals surface area contributed by atoms with E-state index in [0.717, 1.165) is 0 Å². The van der Waals surface area contributed by atoms with Crippen LogP contribution in [0.5, 0.6) is 0 Å². The topological polar surface area (TPSA) is 24.9 Å². The molecule has 2 aromatic rings. The number of nitrogens with zero attached hydrogens (tertiary/aromatic N) is 1. The van der Waals surface area contributed by atoms with Gasteiger partial charge in [-0.3, -0.25) is 4.98 Å². The lowest BCUT2D eigenvalue weighted by molar-refractivity contribution is 0.532. The molecule has 2 rings (SSSR count). The van der Waals surface area contributed by atoms with E-state index in [1.807, 2.05) is 0 Å². The second-order valence-electron chi connectivity index (χ2n) is 3.74. The van der Waals surface area contributed by atoms with Gasteiger partial charge < -0.3 is 5.32 Å². The Morgan fingerprint density at radius 3 is 2.67 bits per heavy atom. The Labute approximate surface area is 112 Å². The van der Waals surface area contributed by atoms with Crippen LogP contribution in [0.2, 0.25) is 0 Å². The molecule has 0 bridgehead atoms. The summed E-state index contributed by atoms with van der Waals surface area (Å²) in [7, 11) is 1.64. The van der Waals surface area contributed by atoms with E-state index >= 15 is 0 Å². The second-order valence-corrected chi connectivity index (χ2v) is 4.59. The normalized spacial score (nSPS) is 12.4. The molecule has 1 heterocycles. The molecule has 1 unspecified atom stereocenters. The molecule has 1 aromatic carbocycles. The Morgan fingerprint density at radius 1 is 1.22 bits per heavy atom. The van der Waals surface area contributed by atoms with Crippen molar-refractivity contribution >= 4 is 15.9 Å². The van der Waals surface area contributed by atoms with Crippen LogP contribution in [0, 0.1) is 11.6 Å². The van der Waals surface area contributed by atoms with Crippen LogP contribution in [0.1, 0.15) is 17.3 Å². The molecule has 0 spiro atoms. The molecule has 0 aliphatic heterocycles. The molecule has 1 aromatic heterocycles. The maximum atomic E-state index is 14.0. The third-order valence-corrected chi connectivity index (χ3v) is 3.25. The molecule has 94 valence electrons. The van der Waals surface area contributed by atoms with Crippen LogP contribution in [0.25, 0.3) is 0 Å². The second kappa shape index (κ2) is 5.54. The van der Waals surface area contributed by atoms with Crippen molar-refractivity contribution in [3.63, 3.8) is 0 Å². The first kappa shape index (κ1) is 13.1. The van der Waals surface area contributed by atoms with E-state index in [2.05, 4.69) is 26.2 Å². The van der Waals surface area contributed by atoms with Crippen molar-refractivity contribution in [2.75, 3.05) is 7.05 Å². The molecule has 0 saturated carbocycles. The SMILES string of the molecule is CNC(c1cccc(Br)c1F)c1ncccc1F. The van der Waals surface area contributed by atoms with Crippen LogP contribution in [-0.2, 0) is 0 Å². The summed E-state index contributed by atoms with van der Waals surface area (Å²) in [6.45, 7) is 0. The molecule has 0 saturated heterocycles. The van der Waals surface area contributed by atoms with Gasteiger partial charge in [-0.25, -0.2) is 8.78 Å². The summed E-state index contributed by atoms with van der Waals surface area (Å²) >= 11 is 3.12. The molecule has 1 N–H and O–H groups in total. The smallest absolute Gasteiger partial charge is 0.146 e. The molecule has 0 radical (unpaired) electrons. The van der Waals surface area contributed by atoms with Gasteiger partial charge in [0, 0.05) is 11.8 Å². The van der Waals surface area contributed by atoms with Gasteiger partial charge in [0.2, 0.25) is 0 Å². The van der Waals surface area contributed by atoms with E-state index in [4.69, 9.17) is 0 Å². The highest BCUT2D eigenvalue weighted by Gasteiger charge is 2.21. The van der Waals surface area contributed by atoms with E-state index in [0.29, 0.717) is 10.0 Å². The van der Waals surface area contributed by atoms with Gasteiger partial charge in [-0.15, -0.1) is 0 Å². The molecule has 0 aliphatic rings. The molecule has 5 heteroatoms. The Hall–Kier alpha value is -1.33. The quantitative estimate of drug-likeness (QED) is 0.939. The summed E-state index contributed by atoms with van der Waals surface area (Å²) in [6, 6.07) is 7.10. The number of halogens is 3. The number of benzene rings is 1. The third-order valence-electron chi connectivity index (χ3n) is 2.64. The molecular formula is C13H11BrF2N2.